The summed E-state index contributed by atoms with van der Waals surface area (Å²) in [7, 11) is 0. The Bertz CT molecular complexity index is 807. The molecule has 130 valence electrons. The third-order valence-electron chi connectivity index (χ3n) is 3.42. The lowest BCUT2D eigenvalue weighted by Gasteiger charge is -2.23. The van der Waals surface area contributed by atoms with Crippen molar-refractivity contribution in [3.63, 3.8) is 0 Å². The van der Waals surface area contributed by atoms with Gasteiger partial charge in [0, 0.05) is 28.5 Å². The van der Waals surface area contributed by atoms with Gasteiger partial charge in [0.05, 0.1) is 23.7 Å². The van der Waals surface area contributed by atoms with E-state index in [4.69, 9.17) is 14.2 Å². The van der Waals surface area contributed by atoms with Gasteiger partial charge in [-0.2, -0.15) is 0 Å². The van der Waals surface area contributed by atoms with Crippen molar-refractivity contribution in [2.75, 3.05) is 13.2 Å². The Labute approximate surface area is 151 Å². The molecule has 0 atom stereocenters. The largest absolute Gasteiger partial charge is 0.416 e. The summed E-state index contributed by atoms with van der Waals surface area (Å²) >= 11 is 3.20. The van der Waals surface area contributed by atoms with Gasteiger partial charge in [-0.15, -0.1) is 0 Å². The van der Waals surface area contributed by atoms with Crippen molar-refractivity contribution in [3.8, 4) is 5.75 Å². The highest BCUT2D eigenvalue weighted by Gasteiger charge is 2.24. The van der Waals surface area contributed by atoms with Gasteiger partial charge in [-0.25, -0.2) is 4.79 Å². The van der Waals surface area contributed by atoms with E-state index in [-0.39, 0.29) is 17.0 Å². The summed E-state index contributed by atoms with van der Waals surface area (Å²) in [5.41, 5.74) is 0.327. The summed E-state index contributed by atoms with van der Waals surface area (Å²) in [5.74, 6) is -0.899. The molecule has 3 rings (SSSR count). The van der Waals surface area contributed by atoms with Crippen molar-refractivity contribution < 1.29 is 23.9 Å². The number of nitro groups is 1. The zero-order valence-electron chi connectivity index (χ0n) is 12.9. The van der Waals surface area contributed by atoms with E-state index in [9.17, 15) is 14.9 Å². The number of carbonyl (C=O) groups excluding carboxylic acids is 1. The molecule has 1 aliphatic heterocycles. The molecule has 0 amide bonds. The van der Waals surface area contributed by atoms with E-state index in [0.717, 1.165) is 6.42 Å². The molecule has 8 nitrogen and oxygen atoms in total. The molecule has 2 heterocycles. The summed E-state index contributed by atoms with van der Waals surface area (Å²) in [6, 6.07) is 5.74. The van der Waals surface area contributed by atoms with Crippen LogP contribution in [-0.4, -0.2) is 29.1 Å². The van der Waals surface area contributed by atoms with Crippen LogP contribution in [0.5, 0.6) is 5.75 Å². The maximum atomic E-state index is 12.2. The van der Waals surface area contributed by atoms with Gasteiger partial charge >= 0.3 is 11.7 Å². The standard InChI is InChI=1S/C16H13BrN2O6/c17-12-6-11(8-18-9-12)15(20)25-14-3-2-10(7-13(14)19(21)22)16-23-4-1-5-24-16/h2-3,6-9,16H,1,4-5H2. The third-order valence-corrected chi connectivity index (χ3v) is 3.86. The number of halogens is 1. The average molecular weight is 409 g/mol. The van der Waals surface area contributed by atoms with Gasteiger partial charge in [0.2, 0.25) is 5.75 Å². The van der Waals surface area contributed by atoms with Crippen LogP contribution in [0.3, 0.4) is 0 Å². The second-order valence-corrected chi connectivity index (χ2v) is 6.11. The molecule has 0 saturated carbocycles. The van der Waals surface area contributed by atoms with Crippen LogP contribution in [0.1, 0.15) is 28.6 Å². The minimum absolute atomic E-state index is 0.158. The van der Waals surface area contributed by atoms with Crippen LogP contribution in [0.15, 0.2) is 41.1 Å². The monoisotopic (exact) mass is 408 g/mol. The van der Waals surface area contributed by atoms with E-state index in [0.29, 0.717) is 23.2 Å². The first kappa shape index (κ1) is 17.5. The number of ether oxygens (including phenoxy) is 3. The summed E-state index contributed by atoms with van der Waals surface area (Å²) in [6.07, 6.45) is 2.94. The van der Waals surface area contributed by atoms with Crippen molar-refractivity contribution in [3.05, 3.63) is 62.4 Å². The predicted octanol–water partition coefficient (Wildman–Crippen LogP) is 3.41. The molecule has 1 aliphatic rings. The van der Waals surface area contributed by atoms with E-state index in [1.54, 1.807) is 6.07 Å². The highest BCUT2D eigenvalue weighted by Crippen LogP contribution is 2.33. The molecule has 1 aromatic heterocycles. The lowest BCUT2D eigenvalue weighted by atomic mass is 10.1. The van der Waals surface area contributed by atoms with Crippen LogP contribution in [-0.2, 0) is 9.47 Å². The van der Waals surface area contributed by atoms with Crippen LogP contribution in [0.2, 0.25) is 0 Å². The Balaban J connectivity index is 1.85. The normalized spacial score (nSPS) is 14.9. The van der Waals surface area contributed by atoms with Crippen molar-refractivity contribution in [1.82, 2.24) is 4.98 Å². The van der Waals surface area contributed by atoms with E-state index >= 15 is 0 Å². The van der Waals surface area contributed by atoms with Gasteiger partial charge in [-0.1, -0.05) is 0 Å². The second kappa shape index (κ2) is 7.68. The molecular formula is C16H13BrN2O6. The van der Waals surface area contributed by atoms with Gasteiger partial charge in [0.1, 0.15) is 0 Å². The first-order valence-corrected chi connectivity index (χ1v) is 8.18. The molecule has 0 radical (unpaired) electrons. The van der Waals surface area contributed by atoms with Gasteiger partial charge in [-0.3, -0.25) is 15.1 Å². The first-order valence-electron chi connectivity index (χ1n) is 7.39. The van der Waals surface area contributed by atoms with E-state index < -0.39 is 17.2 Å². The van der Waals surface area contributed by atoms with Gasteiger partial charge in [0.15, 0.2) is 6.29 Å². The summed E-state index contributed by atoms with van der Waals surface area (Å²) < 4.78 is 16.6. The highest BCUT2D eigenvalue weighted by molar-refractivity contribution is 9.10. The number of esters is 1. The van der Waals surface area contributed by atoms with E-state index in [1.807, 2.05) is 0 Å². The number of aromatic nitrogens is 1. The molecule has 0 spiro atoms. The smallest absolute Gasteiger partial charge is 0.345 e. The van der Waals surface area contributed by atoms with Gasteiger partial charge < -0.3 is 14.2 Å². The molecule has 0 aliphatic carbocycles. The third kappa shape index (κ3) is 4.19. The molecule has 9 heteroatoms. The van der Waals surface area contributed by atoms with Crippen molar-refractivity contribution >= 4 is 27.6 Å². The Hall–Kier alpha value is -2.36. The minimum atomic E-state index is -0.741. The summed E-state index contributed by atoms with van der Waals surface area (Å²) in [4.78, 5) is 26.8. The quantitative estimate of drug-likeness (QED) is 0.330. The highest BCUT2D eigenvalue weighted by atomic mass is 79.9. The number of pyridine rings is 1. The zero-order valence-corrected chi connectivity index (χ0v) is 14.5. The molecule has 2 aromatic rings. The summed E-state index contributed by atoms with van der Waals surface area (Å²) in [6.45, 7) is 1.04. The van der Waals surface area contributed by atoms with Crippen LogP contribution in [0.4, 0.5) is 5.69 Å². The van der Waals surface area contributed by atoms with Crippen LogP contribution < -0.4 is 4.74 Å². The maximum Gasteiger partial charge on any atom is 0.345 e. The number of rotatable bonds is 4. The Morgan fingerprint density at radius 3 is 2.72 bits per heavy atom. The predicted molar refractivity (Wildman–Crippen MR) is 89.3 cm³/mol. The number of carbonyl (C=O) groups is 1. The van der Waals surface area contributed by atoms with Crippen LogP contribution in [0, 0.1) is 10.1 Å². The molecule has 25 heavy (non-hydrogen) atoms. The Morgan fingerprint density at radius 2 is 2.04 bits per heavy atom. The lowest BCUT2D eigenvalue weighted by Crippen LogP contribution is -2.18. The fourth-order valence-electron chi connectivity index (χ4n) is 2.27. The maximum absolute atomic E-state index is 12.2. The van der Waals surface area contributed by atoms with E-state index in [2.05, 4.69) is 20.9 Å². The fraction of sp³-hybridized carbons (Fsp3) is 0.250. The Morgan fingerprint density at radius 1 is 1.28 bits per heavy atom. The Kier molecular flexibility index (Phi) is 5.37. The van der Waals surface area contributed by atoms with Gasteiger partial charge in [0.25, 0.3) is 0 Å². The van der Waals surface area contributed by atoms with Crippen molar-refractivity contribution in [1.29, 1.82) is 0 Å². The van der Waals surface area contributed by atoms with Gasteiger partial charge in [-0.05, 0) is 40.5 Å². The second-order valence-electron chi connectivity index (χ2n) is 5.19. The molecule has 0 unspecified atom stereocenters. The molecule has 0 bridgehead atoms. The molecule has 1 fully saturated rings. The fourth-order valence-corrected chi connectivity index (χ4v) is 2.64. The average Bonchev–Trinajstić information content (AvgIpc) is 2.62. The van der Waals surface area contributed by atoms with Crippen LogP contribution >= 0.6 is 15.9 Å². The number of benzene rings is 1. The minimum Gasteiger partial charge on any atom is -0.416 e. The zero-order chi connectivity index (χ0) is 17.8. The number of nitrogens with zero attached hydrogens (tertiary/aromatic N) is 2. The summed E-state index contributed by atoms with van der Waals surface area (Å²) in [5, 5.41) is 11.3. The van der Waals surface area contributed by atoms with Crippen molar-refractivity contribution in [2.45, 2.75) is 12.7 Å². The molecular weight excluding hydrogens is 396 g/mol. The first-order chi connectivity index (χ1) is 12.0. The van der Waals surface area contributed by atoms with E-state index in [1.165, 1.54) is 30.6 Å². The lowest BCUT2D eigenvalue weighted by molar-refractivity contribution is -0.385. The molecule has 1 saturated heterocycles. The van der Waals surface area contributed by atoms with Crippen LogP contribution in [0.25, 0.3) is 0 Å². The van der Waals surface area contributed by atoms with Crippen molar-refractivity contribution in [2.24, 2.45) is 0 Å². The number of nitro benzene ring substituents is 1. The topological polar surface area (TPSA) is 101 Å². The number of hydrogen-bond donors (Lipinski definition) is 0. The SMILES string of the molecule is O=C(Oc1ccc(C2OCCCO2)cc1[N+](=O)[O-])c1cncc(Br)c1. The molecule has 1 aromatic carbocycles. The molecule has 0 N–H and O–H groups in total. The number of hydrogen-bond acceptors (Lipinski definition) is 7.